The fourth-order valence-electron chi connectivity index (χ4n) is 1.28. The third-order valence-electron chi connectivity index (χ3n) is 2.19. The van der Waals surface area contributed by atoms with Gasteiger partial charge in [0.25, 0.3) is 0 Å². The van der Waals surface area contributed by atoms with Crippen molar-refractivity contribution in [3.63, 3.8) is 0 Å². The van der Waals surface area contributed by atoms with Crippen molar-refractivity contribution in [1.29, 1.82) is 0 Å². The molecule has 1 atom stereocenters. The van der Waals surface area contributed by atoms with Gasteiger partial charge in [-0.3, -0.25) is 0 Å². The van der Waals surface area contributed by atoms with Crippen LogP contribution in [0.3, 0.4) is 0 Å². The van der Waals surface area contributed by atoms with Crippen LogP contribution >= 0.6 is 0 Å². The van der Waals surface area contributed by atoms with Gasteiger partial charge in [0.05, 0.1) is 0 Å². The Morgan fingerprint density at radius 1 is 1.27 bits per heavy atom. The summed E-state index contributed by atoms with van der Waals surface area (Å²) in [6.07, 6.45) is 3.03. The van der Waals surface area contributed by atoms with Crippen LogP contribution in [0.5, 0.6) is 0 Å². The molecule has 3 nitrogen and oxygen atoms in total. The Labute approximate surface area is 94.6 Å². The van der Waals surface area contributed by atoms with E-state index >= 15 is 0 Å². The van der Waals surface area contributed by atoms with E-state index in [1.165, 1.54) is 6.26 Å². The summed E-state index contributed by atoms with van der Waals surface area (Å²) in [6, 6.07) is 0. The van der Waals surface area contributed by atoms with Gasteiger partial charge in [-0.2, -0.15) is 0 Å². The first-order valence-corrected chi connectivity index (χ1v) is 7.59. The number of hydrogen-bond donors (Lipinski definition) is 1. The fraction of sp³-hybridized carbons (Fsp3) is 1.00. The lowest BCUT2D eigenvalue weighted by Gasteiger charge is -2.23. The van der Waals surface area contributed by atoms with Crippen molar-refractivity contribution in [2.24, 2.45) is 5.92 Å². The summed E-state index contributed by atoms with van der Waals surface area (Å²) in [5.74, 6) is 0.846. The molecule has 0 aromatic carbocycles. The molecule has 0 aliphatic carbocycles. The minimum absolute atomic E-state index is 0.144. The topological polar surface area (TPSA) is 46.2 Å². The van der Waals surface area contributed by atoms with Gasteiger partial charge in [-0.1, -0.05) is 6.92 Å². The van der Waals surface area contributed by atoms with Crippen molar-refractivity contribution < 1.29 is 8.42 Å². The van der Waals surface area contributed by atoms with Crippen molar-refractivity contribution in [2.75, 3.05) is 18.6 Å². The molecule has 0 aliphatic rings. The van der Waals surface area contributed by atoms with E-state index in [2.05, 4.69) is 33.0 Å². The SMILES string of the molecule is CC(CCCS(C)(=O)=O)CNC(C)(C)C. The van der Waals surface area contributed by atoms with Crippen molar-refractivity contribution in [2.45, 2.75) is 46.1 Å². The third kappa shape index (κ3) is 11.8. The van der Waals surface area contributed by atoms with Gasteiger partial charge in [-0.25, -0.2) is 8.42 Å². The minimum atomic E-state index is -2.78. The zero-order valence-corrected chi connectivity index (χ0v) is 11.4. The Morgan fingerprint density at radius 2 is 1.80 bits per heavy atom. The summed E-state index contributed by atoms with van der Waals surface area (Å²) in [6.45, 7) is 9.51. The highest BCUT2D eigenvalue weighted by Gasteiger charge is 2.11. The first-order chi connectivity index (χ1) is 6.60. The summed E-state index contributed by atoms with van der Waals surface area (Å²) in [5, 5.41) is 3.42. The molecule has 0 bridgehead atoms. The molecule has 0 aliphatic heterocycles. The Balaban J connectivity index is 3.63. The quantitative estimate of drug-likeness (QED) is 0.764. The number of rotatable bonds is 6. The average Bonchev–Trinajstić information content (AvgIpc) is 1.97. The van der Waals surface area contributed by atoms with Crippen LogP contribution in [0.25, 0.3) is 0 Å². The minimum Gasteiger partial charge on any atom is -0.312 e. The summed E-state index contributed by atoms with van der Waals surface area (Å²) >= 11 is 0. The Kier molecular flexibility index (Phi) is 5.81. The molecule has 1 N–H and O–H groups in total. The summed E-state index contributed by atoms with van der Waals surface area (Å²) < 4.78 is 21.8. The molecule has 1 unspecified atom stereocenters. The van der Waals surface area contributed by atoms with E-state index < -0.39 is 9.84 Å². The molecule has 4 heteroatoms. The van der Waals surface area contributed by atoms with Crippen LogP contribution < -0.4 is 5.32 Å². The molecule has 0 aromatic rings. The van der Waals surface area contributed by atoms with Crippen LogP contribution in [0.1, 0.15) is 40.5 Å². The highest BCUT2D eigenvalue weighted by Crippen LogP contribution is 2.08. The van der Waals surface area contributed by atoms with Gasteiger partial charge in [0.15, 0.2) is 0 Å². The van der Waals surface area contributed by atoms with E-state index in [0.29, 0.717) is 11.7 Å². The third-order valence-corrected chi connectivity index (χ3v) is 3.22. The van der Waals surface area contributed by atoms with E-state index in [-0.39, 0.29) is 5.54 Å². The van der Waals surface area contributed by atoms with Crippen LogP contribution in [0, 0.1) is 5.92 Å². The summed E-state index contributed by atoms with van der Waals surface area (Å²) in [7, 11) is -2.78. The molecular weight excluding hydrogens is 210 g/mol. The Bertz CT molecular complexity index is 265. The predicted octanol–water partition coefficient (Wildman–Crippen LogP) is 1.84. The Morgan fingerprint density at radius 3 is 2.20 bits per heavy atom. The second kappa shape index (κ2) is 5.85. The summed E-state index contributed by atoms with van der Waals surface area (Å²) in [5.41, 5.74) is 0.144. The van der Waals surface area contributed by atoms with E-state index in [1.807, 2.05) is 0 Å². The molecule has 0 radical (unpaired) electrons. The van der Waals surface area contributed by atoms with Crippen LogP contribution in [-0.2, 0) is 9.84 Å². The van der Waals surface area contributed by atoms with E-state index in [0.717, 1.165) is 19.4 Å². The normalized spacial score (nSPS) is 15.3. The van der Waals surface area contributed by atoms with E-state index in [9.17, 15) is 8.42 Å². The van der Waals surface area contributed by atoms with Gasteiger partial charge in [-0.15, -0.1) is 0 Å². The second-order valence-electron chi connectivity index (χ2n) is 5.51. The highest BCUT2D eigenvalue weighted by molar-refractivity contribution is 7.90. The predicted molar refractivity (Wildman–Crippen MR) is 65.9 cm³/mol. The average molecular weight is 235 g/mol. The molecule has 0 saturated heterocycles. The first kappa shape index (κ1) is 14.9. The van der Waals surface area contributed by atoms with Crippen molar-refractivity contribution >= 4 is 9.84 Å². The van der Waals surface area contributed by atoms with Crippen LogP contribution in [0.2, 0.25) is 0 Å². The zero-order valence-electron chi connectivity index (χ0n) is 10.6. The molecule has 15 heavy (non-hydrogen) atoms. The maximum atomic E-state index is 10.9. The first-order valence-electron chi connectivity index (χ1n) is 5.53. The van der Waals surface area contributed by atoms with E-state index in [4.69, 9.17) is 0 Å². The molecular formula is C11H25NO2S. The van der Waals surface area contributed by atoms with Crippen LogP contribution in [-0.4, -0.2) is 32.5 Å². The molecule has 0 fully saturated rings. The number of nitrogens with one attached hydrogen (secondary N) is 1. The molecule has 0 spiro atoms. The monoisotopic (exact) mass is 235 g/mol. The maximum absolute atomic E-state index is 10.9. The molecule has 0 amide bonds. The van der Waals surface area contributed by atoms with Gasteiger partial charge in [-0.05, 0) is 46.1 Å². The van der Waals surface area contributed by atoms with Crippen molar-refractivity contribution in [3.8, 4) is 0 Å². The lowest BCUT2D eigenvalue weighted by atomic mass is 10.0. The lowest BCUT2D eigenvalue weighted by molar-refractivity contribution is 0.371. The molecule has 0 aromatic heterocycles. The van der Waals surface area contributed by atoms with Gasteiger partial charge in [0, 0.05) is 17.5 Å². The van der Waals surface area contributed by atoms with E-state index in [1.54, 1.807) is 0 Å². The van der Waals surface area contributed by atoms with Gasteiger partial charge >= 0.3 is 0 Å². The standard InChI is InChI=1S/C11H25NO2S/c1-10(9-12-11(2,3)4)7-6-8-15(5,13)14/h10,12H,6-9H2,1-5H3. The fourth-order valence-corrected chi connectivity index (χ4v) is 1.97. The molecule has 0 heterocycles. The smallest absolute Gasteiger partial charge is 0.147 e. The van der Waals surface area contributed by atoms with Crippen molar-refractivity contribution in [1.82, 2.24) is 5.32 Å². The molecule has 0 rings (SSSR count). The molecule has 0 saturated carbocycles. The van der Waals surface area contributed by atoms with Crippen LogP contribution in [0.15, 0.2) is 0 Å². The van der Waals surface area contributed by atoms with Gasteiger partial charge < -0.3 is 5.32 Å². The number of hydrogen-bond acceptors (Lipinski definition) is 3. The zero-order chi connectivity index (χ0) is 12.1. The van der Waals surface area contributed by atoms with Crippen molar-refractivity contribution in [3.05, 3.63) is 0 Å². The largest absolute Gasteiger partial charge is 0.312 e. The Hall–Kier alpha value is -0.0900. The second-order valence-corrected chi connectivity index (χ2v) is 7.77. The van der Waals surface area contributed by atoms with Crippen LogP contribution in [0.4, 0.5) is 0 Å². The van der Waals surface area contributed by atoms with Gasteiger partial charge in [0.1, 0.15) is 9.84 Å². The number of sulfone groups is 1. The summed E-state index contributed by atoms with van der Waals surface area (Å²) in [4.78, 5) is 0. The lowest BCUT2D eigenvalue weighted by Crippen LogP contribution is -2.38. The molecule has 92 valence electrons. The maximum Gasteiger partial charge on any atom is 0.147 e. The van der Waals surface area contributed by atoms with Gasteiger partial charge in [0.2, 0.25) is 0 Å². The highest BCUT2D eigenvalue weighted by atomic mass is 32.2.